The Morgan fingerprint density at radius 3 is 2.72 bits per heavy atom. The van der Waals surface area contributed by atoms with Gasteiger partial charge in [-0.15, -0.1) is 0 Å². The van der Waals surface area contributed by atoms with Crippen molar-refractivity contribution in [1.82, 2.24) is 19.7 Å². The van der Waals surface area contributed by atoms with Crippen LogP contribution in [0.2, 0.25) is 0 Å². The fourth-order valence-corrected chi connectivity index (χ4v) is 2.28. The highest BCUT2D eigenvalue weighted by Gasteiger charge is 2.22. The van der Waals surface area contributed by atoms with E-state index in [1.165, 1.54) is 17.9 Å². The highest BCUT2D eigenvalue weighted by Crippen LogP contribution is 2.13. The number of nitrogens with one attached hydrogen (secondary N) is 1. The van der Waals surface area contributed by atoms with Gasteiger partial charge in [-0.3, -0.25) is 9.47 Å². The number of rotatable bonds is 4. The van der Waals surface area contributed by atoms with Crippen LogP contribution in [-0.2, 0) is 11.3 Å². The average molecular weight is 254 g/mol. The molecule has 1 aromatic heterocycles. The number of aliphatic carboxylic acids is 1. The Morgan fingerprint density at radius 1 is 1.44 bits per heavy atom. The van der Waals surface area contributed by atoms with Gasteiger partial charge in [-0.1, -0.05) is 6.42 Å². The fourth-order valence-electron chi connectivity index (χ4n) is 2.28. The van der Waals surface area contributed by atoms with E-state index in [2.05, 4.69) is 15.1 Å². The monoisotopic (exact) mass is 254 g/mol. The minimum absolute atomic E-state index is 0.461. The first-order chi connectivity index (χ1) is 8.59. The van der Waals surface area contributed by atoms with Crippen LogP contribution in [0.3, 0.4) is 0 Å². The first kappa shape index (κ1) is 12.8. The van der Waals surface area contributed by atoms with Crippen LogP contribution in [0.4, 0.5) is 0 Å². The zero-order valence-electron chi connectivity index (χ0n) is 10.4. The maximum Gasteiger partial charge on any atom is 0.344 e. The molecule has 0 aromatic carbocycles. The minimum atomic E-state index is -1.03. The summed E-state index contributed by atoms with van der Waals surface area (Å²) in [5.74, 6) is -0.532. The van der Waals surface area contributed by atoms with E-state index in [1.807, 2.05) is 0 Å². The van der Waals surface area contributed by atoms with E-state index in [1.54, 1.807) is 0 Å². The third kappa shape index (κ3) is 2.61. The summed E-state index contributed by atoms with van der Waals surface area (Å²) in [5.41, 5.74) is -0.461. The molecule has 1 aliphatic rings. The normalized spacial score (nSPS) is 18.7. The number of aromatic nitrogens is 3. The topological polar surface area (TPSA) is 91.2 Å². The molecule has 1 aromatic rings. The van der Waals surface area contributed by atoms with E-state index in [9.17, 15) is 9.59 Å². The predicted octanol–water partition coefficient (Wildman–Crippen LogP) is 0.203. The molecule has 1 fully saturated rings. The SMILES string of the molecule is C[C@@H](C(=O)O)n1c(CN2CCCCC2)n[nH]c1=O. The van der Waals surface area contributed by atoms with E-state index in [-0.39, 0.29) is 0 Å². The number of aromatic amines is 1. The molecule has 0 aliphatic carbocycles. The van der Waals surface area contributed by atoms with Crippen molar-refractivity contribution in [3.63, 3.8) is 0 Å². The molecule has 2 N–H and O–H groups in total. The summed E-state index contributed by atoms with van der Waals surface area (Å²) >= 11 is 0. The van der Waals surface area contributed by atoms with Crippen LogP contribution in [0, 0.1) is 0 Å². The van der Waals surface area contributed by atoms with Crippen LogP contribution < -0.4 is 5.69 Å². The van der Waals surface area contributed by atoms with Gasteiger partial charge in [-0.05, 0) is 32.9 Å². The van der Waals surface area contributed by atoms with E-state index in [0.717, 1.165) is 25.9 Å². The summed E-state index contributed by atoms with van der Waals surface area (Å²) in [6.07, 6.45) is 3.52. The van der Waals surface area contributed by atoms with Crippen LogP contribution in [-0.4, -0.2) is 43.8 Å². The molecule has 0 unspecified atom stereocenters. The van der Waals surface area contributed by atoms with Crippen LogP contribution in [0.1, 0.15) is 38.1 Å². The number of hydrogen-bond acceptors (Lipinski definition) is 4. The Morgan fingerprint density at radius 2 is 2.11 bits per heavy atom. The maximum atomic E-state index is 11.6. The average Bonchev–Trinajstić information content (AvgIpc) is 2.71. The molecular formula is C11H18N4O3. The summed E-state index contributed by atoms with van der Waals surface area (Å²) in [5, 5.41) is 15.3. The molecular weight excluding hydrogens is 236 g/mol. The molecule has 7 nitrogen and oxygen atoms in total. The van der Waals surface area contributed by atoms with Gasteiger partial charge in [-0.25, -0.2) is 14.7 Å². The molecule has 1 saturated heterocycles. The number of nitrogens with zero attached hydrogens (tertiary/aromatic N) is 3. The summed E-state index contributed by atoms with van der Waals surface area (Å²) in [6.45, 7) is 3.96. The van der Waals surface area contributed by atoms with Gasteiger partial charge >= 0.3 is 11.7 Å². The second-order valence-electron chi connectivity index (χ2n) is 4.67. The number of carbonyl (C=O) groups is 1. The highest BCUT2D eigenvalue weighted by atomic mass is 16.4. The second kappa shape index (κ2) is 5.34. The fraction of sp³-hybridized carbons (Fsp3) is 0.727. The van der Waals surface area contributed by atoms with Gasteiger partial charge < -0.3 is 5.11 Å². The van der Waals surface area contributed by atoms with Crippen molar-refractivity contribution in [3.8, 4) is 0 Å². The third-order valence-electron chi connectivity index (χ3n) is 3.34. The van der Waals surface area contributed by atoms with Gasteiger partial charge in [0.25, 0.3) is 0 Å². The van der Waals surface area contributed by atoms with Gasteiger partial charge in [0.1, 0.15) is 11.9 Å². The number of carboxylic acid groups (broad SMARTS) is 1. The zero-order chi connectivity index (χ0) is 13.1. The molecule has 0 spiro atoms. The van der Waals surface area contributed by atoms with E-state index in [0.29, 0.717) is 12.4 Å². The van der Waals surface area contributed by atoms with Crippen molar-refractivity contribution >= 4 is 5.97 Å². The van der Waals surface area contributed by atoms with Gasteiger partial charge in [0, 0.05) is 0 Å². The van der Waals surface area contributed by atoms with Crippen molar-refractivity contribution in [2.75, 3.05) is 13.1 Å². The molecule has 1 aliphatic heterocycles. The molecule has 100 valence electrons. The van der Waals surface area contributed by atoms with E-state index in [4.69, 9.17) is 5.11 Å². The van der Waals surface area contributed by atoms with Gasteiger partial charge in [0.05, 0.1) is 6.54 Å². The third-order valence-corrected chi connectivity index (χ3v) is 3.34. The summed E-state index contributed by atoms with van der Waals surface area (Å²) in [4.78, 5) is 24.8. The molecule has 1 atom stereocenters. The lowest BCUT2D eigenvalue weighted by Crippen LogP contribution is -2.33. The molecule has 0 radical (unpaired) electrons. The minimum Gasteiger partial charge on any atom is -0.480 e. The van der Waals surface area contributed by atoms with Crippen molar-refractivity contribution in [2.24, 2.45) is 0 Å². The van der Waals surface area contributed by atoms with Gasteiger partial charge in [0.15, 0.2) is 0 Å². The predicted molar refractivity (Wildman–Crippen MR) is 64.3 cm³/mol. The Bertz CT molecular complexity index is 473. The summed E-state index contributed by atoms with van der Waals surface area (Å²) in [7, 11) is 0. The summed E-state index contributed by atoms with van der Waals surface area (Å²) < 4.78 is 1.22. The van der Waals surface area contributed by atoms with E-state index < -0.39 is 17.7 Å². The number of likely N-dealkylation sites (tertiary alicyclic amines) is 1. The number of piperidine rings is 1. The smallest absolute Gasteiger partial charge is 0.344 e. The van der Waals surface area contributed by atoms with Crippen LogP contribution in [0.5, 0.6) is 0 Å². The lowest BCUT2D eigenvalue weighted by atomic mass is 10.1. The Kier molecular flexibility index (Phi) is 3.81. The van der Waals surface area contributed by atoms with E-state index >= 15 is 0 Å². The van der Waals surface area contributed by atoms with Crippen LogP contribution in [0.15, 0.2) is 4.79 Å². The summed E-state index contributed by atoms with van der Waals surface area (Å²) in [6, 6.07) is -0.893. The Labute approximate surface area is 104 Å². The van der Waals surface area contributed by atoms with Crippen molar-refractivity contribution in [3.05, 3.63) is 16.3 Å². The van der Waals surface area contributed by atoms with Crippen LogP contribution in [0.25, 0.3) is 0 Å². The second-order valence-corrected chi connectivity index (χ2v) is 4.67. The van der Waals surface area contributed by atoms with Gasteiger partial charge in [-0.2, -0.15) is 5.10 Å². The zero-order valence-corrected chi connectivity index (χ0v) is 10.4. The molecule has 0 saturated carbocycles. The molecule has 7 heteroatoms. The number of hydrogen-bond donors (Lipinski definition) is 2. The maximum absolute atomic E-state index is 11.6. The lowest BCUT2D eigenvalue weighted by molar-refractivity contribution is -0.140. The largest absolute Gasteiger partial charge is 0.480 e. The van der Waals surface area contributed by atoms with Crippen LogP contribution >= 0.6 is 0 Å². The van der Waals surface area contributed by atoms with Gasteiger partial charge in [0.2, 0.25) is 0 Å². The standard InChI is InChI=1S/C11H18N4O3/c1-8(10(16)17)15-9(12-13-11(15)18)7-14-5-3-2-4-6-14/h8H,2-7H2,1H3,(H,13,18)(H,16,17)/t8-/m0/s1. The molecule has 2 heterocycles. The molecule has 18 heavy (non-hydrogen) atoms. The number of carboxylic acids is 1. The first-order valence-corrected chi connectivity index (χ1v) is 6.20. The molecule has 0 amide bonds. The quantitative estimate of drug-likeness (QED) is 0.801. The number of H-pyrrole nitrogens is 1. The molecule has 2 rings (SSSR count). The first-order valence-electron chi connectivity index (χ1n) is 6.20. The lowest BCUT2D eigenvalue weighted by Gasteiger charge is -2.26. The highest BCUT2D eigenvalue weighted by molar-refractivity contribution is 5.71. The Balaban J connectivity index is 2.17. The molecule has 0 bridgehead atoms. The van der Waals surface area contributed by atoms with Crippen molar-refractivity contribution < 1.29 is 9.90 Å². The Hall–Kier alpha value is -1.63. The van der Waals surface area contributed by atoms with Crippen molar-refractivity contribution in [1.29, 1.82) is 0 Å². The van der Waals surface area contributed by atoms with Crippen molar-refractivity contribution in [2.45, 2.75) is 38.8 Å².